The van der Waals surface area contributed by atoms with Crippen LogP contribution in [0.2, 0.25) is 0 Å². The van der Waals surface area contributed by atoms with Crippen molar-refractivity contribution < 1.29 is 9.53 Å². The molecule has 114 valence electrons. The third-order valence-electron chi connectivity index (χ3n) is 3.54. The van der Waals surface area contributed by atoms with E-state index in [4.69, 9.17) is 10.5 Å². The van der Waals surface area contributed by atoms with E-state index in [1.165, 1.54) is 0 Å². The molecule has 1 atom stereocenters. The molecule has 0 aromatic heterocycles. The molecule has 1 aliphatic rings. The van der Waals surface area contributed by atoms with Crippen LogP contribution in [0.1, 0.15) is 6.92 Å². The number of carbonyl (C=O) groups excluding carboxylic acids is 1. The molecule has 0 spiro atoms. The lowest BCUT2D eigenvalue weighted by molar-refractivity contribution is -0.115. The van der Waals surface area contributed by atoms with Gasteiger partial charge in [-0.1, -0.05) is 24.3 Å². The Hall–Kier alpha value is -2.69. The molecule has 1 unspecified atom stereocenters. The van der Waals surface area contributed by atoms with Crippen LogP contribution in [0.3, 0.4) is 0 Å². The molecule has 1 amide bonds. The number of benzene rings is 2. The van der Waals surface area contributed by atoms with Crippen LogP contribution >= 0.6 is 0 Å². The number of nitrogen functional groups attached to an aromatic ring is 1. The first-order chi connectivity index (χ1) is 10.6. The van der Waals surface area contributed by atoms with Gasteiger partial charge in [0.2, 0.25) is 5.91 Å². The summed E-state index contributed by atoms with van der Waals surface area (Å²) in [6, 6.07) is 15.0. The normalized spacial score (nSPS) is 16.6. The maximum Gasteiger partial charge on any atom is 0.243 e. The average Bonchev–Trinajstić information content (AvgIpc) is 2.47. The zero-order chi connectivity index (χ0) is 15.5. The highest BCUT2D eigenvalue weighted by molar-refractivity contribution is 5.95. The van der Waals surface area contributed by atoms with E-state index in [-0.39, 0.29) is 18.6 Å². The largest absolute Gasteiger partial charge is 0.487 e. The van der Waals surface area contributed by atoms with E-state index in [9.17, 15) is 4.79 Å². The highest BCUT2D eigenvalue weighted by Gasteiger charge is 2.26. The minimum atomic E-state index is -0.0745. The molecule has 0 aliphatic carbocycles. The Kier molecular flexibility index (Phi) is 3.87. The summed E-state index contributed by atoms with van der Waals surface area (Å²) >= 11 is 0. The second-order valence-electron chi connectivity index (χ2n) is 5.42. The molecule has 3 N–H and O–H groups in total. The zero-order valence-corrected chi connectivity index (χ0v) is 12.5. The number of anilines is 3. The van der Waals surface area contributed by atoms with E-state index in [0.29, 0.717) is 12.2 Å². The molecule has 5 heteroatoms. The fourth-order valence-electron chi connectivity index (χ4n) is 2.67. The number of carbonyl (C=O) groups is 1. The van der Waals surface area contributed by atoms with Crippen molar-refractivity contribution in [3.05, 3.63) is 48.5 Å². The summed E-state index contributed by atoms with van der Waals surface area (Å²) < 4.78 is 5.79. The lowest BCUT2D eigenvalue weighted by atomic mass is 10.1. The second-order valence-corrected chi connectivity index (χ2v) is 5.42. The minimum Gasteiger partial charge on any atom is -0.487 e. The average molecular weight is 297 g/mol. The second kappa shape index (κ2) is 5.97. The number of nitrogens with zero attached hydrogens (tertiary/aromatic N) is 1. The summed E-state index contributed by atoms with van der Waals surface area (Å²) in [5.74, 6) is 0.653. The Morgan fingerprint density at radius 2 is 2.05 bits per heavy atom. The predicted octanol–water partition coefficient (Wildman–Crippen LogP) is 2.49. The maximum atomic E-state index is 12.3. The van der Waals surface area contributed by atoms with Gasteiger partial charge >= 0.3 is 0 Å². The SMILES string of the molecule is CC1CN(CC(=O)Nc2ccccc2)c2c(N)cccc2O1. The number of para-hydroxylation sites is 2. The molecule has 1 aliphatic heterocycles. The number of hydrogen-bond donors (Lipinski definition) is 2. The van der Waals surface area contributed by atoms with Gasteiger partial charge < -0.3 is 20.7 Å². The fourth-order valence-corrected chi connectivity index (χ4v) is 2.67. The van der Waals surface area contributed by atoms with Crippen molar-refractivity contribution in [2.24, 2.45) is 0 Å². The quantitative estimate of drug-likeness (QED) is 0.854. The molecule has 2 aromatic carbocycles. The van der Waals surface area contributed by atoms with Gasteiger partial charge in [0.1, 0.15) is 17.5 Å². The topological polar surface area (TPSA) is 67.6 Å². The number of nitrogens with one attached hydrogen (secondary N) is 1. The summed E-state index contributed by atoms with van der Waals surface area (Å²) in [5, 5.41) is 2.89. The number of fused-ring (bicyclic) bond motifs is 1. The summed E-state index contributed by atoms with van der Waals surface area (Å²) in [7, 11) is 0. The van der Waals surface area contributed by atoms with Gasteiger partial charge in [0.05, 0.1) is 18.8 Å². The van der Waals surface area contributed by atoms with E-state index in [2.05, 4.69) is 5.32 Å². The standard InChI is InChI=1S/C17H19N3O2/c1-12-10-20(17-14(18)8-5-9-15(17)22-12)11-16(21)19-13-6-3-2-4-7-13/h2-9,12H,10-11,18H2,1H3,(H,19,21). The van der Waals surface area contributed by atoms with Crippen LogP contribution in [0.5, 0.6) is 5.75 Å². The molecule has 1 heterocycles. The van der Waals surface area contributed by atoms with Crippen LogP contribution in [0.4, 0.5) is 17.1 Å². The smallest absolute Gasteiger partial charge is 0.243 e. The molecular weight excluding hydrogens is 278 g/mol. The van der Waals surface area contributed by atoms with Crippen LogP contribution in [-0.2, 0) is 4.79 Å². The first kappa shape index (κ1) is 14.3. The molecule has 22 heavy (non-hydrogen) atoms. The third-order valence-corrected chi connectivity index (χ3v) is 3.54. The summed E-state index contributed by atoms with van der Waals surface area (Å²) in [4.78, 5) is 14.2. The van der Waals surface area contributed by atoms with Crippen molar-refractivity contribution in [2.45, 2.75) is 13.0 Å². The van der Waals surface area contributed by atoms with Crippen molar-refractivity contribution in [1.29, 1.82) is 0 Å². The third kappa shape index (κ3) is 2.98. The van der Waals surface area contributed by atoms with Gasteiger partial charge in [-0.05, 0) is 31.2 Å². The number of amides is 1. The first-order valence-corrected chi connectivity index (χ1v) is 7.28. The molecule has 2 aromatic rings. The van der Waals surface area contributed by atoms with Crippen molar-refractivity contribution in [3.8, 4) is 5.75 Å². The van der Waals surface area contributed by atoms with Gasteiger partial charge in [0.15, 0.2) is 0 Å². The number of hydrogen-bond acceptors (Lipinski definition) is 4. The van der Waals surface area contributed by atoms with E-state index in [0.717, 1.165) is 17.1 Å². The van der Waals surface area contributed by atoms with Gasteiger partial charge in [0.25, 0.3) is 0 Å². The Bertz CT molecular complexity index is 673. The van der Waals surface area contributed by atoms with Gasteiger partial charge in [0, 0.05) is 5.69 Å². The Morgan fingerprint density at radius 1 is 1.27 bits per heavy atom. The van der Waals surface area contributed by atoms with E-state index in [1.807, 2.05) is 60.4 Å². The predicted molar refractivity (Wildman–Crippen MR) is 88.2 cm³/mol. The van der Waals surface area contributed by atoms with Crippen molar-refractivity contribution in [3.63, 3.8) is 0 Å². The van der Waals surface area contributed by atoms with Gasteiger partial charge in [-0.15, -0.1) is 0 Å². The van der Waals surface area contributed by atoms with Crippen LogP contribution in [0, 0.1) is 0 Å². The molecule has 5 nitrogen and oxygen atoms in total. The summed E-state index contributed by atoms with van der Waals surface area (Å²) in [6.07, 6.45) is 0.0128. The fraction of sp³-hybridized carbons (Fsp3) is 0.235. The maximum absolute atomic E-state index is 12.3. The first-order valence-electron chi connectivity index (χ1n) is 7.28. The molecule has 3 rings (SSSR count). The monoisotopic (exact) mass is 297 g/mol. The molecule has 0 saturated carbocycles. The van der Waals surface area contributed by atoms with Gasteiger partial charge in [-0.2, -0.15) is 0 Å². The molecular formula is C17H19N3O2. The van der Waals surface area contributed by atoms with Gasteiger partial charge in [-0.25, -0.2) is 0 Å². The molecule has 0 saturated heterocycles. The summed E-state index contributed by atoms with van der Waals surface area (Å²) in [5.41, 5.74) is 8.26. The van der Waals surface area contributed by atoms with E-state index >= 15 is 0 Å². The van der Waals surface area contributed by atoms with Crippen molar-refractivity contribution in [2.75, 3.05) is 29.0 Å². The van der Waals surface area contributed by atoms with Crippen molar-refractivity contribution >= 4 is 23.0 Å². The van der Waals surface area contributed by atoms with Crippen LogP contribution in [-0.4, -0.2) is 25.1 Å². The highest BCUT2D eigenvalue weighted by Crippen LogP contribution is 2.37. The zero-order valence-electron chi connectivity index (χ0n) is 12.5. The molecule has 0 fully saturated rings. The number of nitrogens with two attached hydrogens (primary N) is 1. The van der Waals surface area contributed by atoms with E-state index in [1.54, 1.807) is 0 Å². The Morgan fingerprint density at radius 3 is 2.82 bits per heavy atom. The number of rotatable bonds is 3. The van der Waals surface area contributed by atoms with Gasteiger partial charge in [-0.3, -0.25) is 4.79 Å². The van der Waals surface area contributed by atoms with Crippen LogP contribution in [0.25, 0.3) is 0 Å². The Balaban J connectivity index is 1.77. The number of ether oxygens (including phenoxy) is 1. The Labute approximate surface area is 129 Å². The summed E-state index contributed by atoms with van der Waals surface area (Å²) in [6.45, 7) is 2.85. The lowest BCUT2D eigenvalue weighted by Crippen LogP contribution is -2.43. The van der Waals surface area contributed by atoms with Crippen molar-refractivity contribution in [1.82, 2.24) is 0 Å². The van der Waals surface area contributed by atoms with Crippen LogP contribution < -0.4 is 20.7 Å². The lowest BCUT2D eigenvalue weighted by Gasteiger charge is -2.35. The molecule has 0 bridgehead atoms. The van der Waals surface area contributed by atoms with Crippen LogP contribution in [0.15, 0.2) is 48.5 Å². The highest BCUT2D eigenvalue weighted by atomic mass is 16.5. The minimum absolute atomic E-state index is 0.0128. The molecule has 0 radical (unpaired) electrons. The van der Waals surface area contributed by atoms with E-state index < -0.39 is 0 Å².